The molecule has 0 aromatic heterocycles. The molecule has 70 valence electrons. The largest absolute Gasteiger partial charge is 0.280 e. The lowest BCUT2D eigenvalue weighted by Gasteiger charge is -2.07. The lowest BCUT2D eigenvalue weighted by molar-refractivity contribution is -0.111. The van der Waals surface area contributed by atoms with Crippen molar-refractivity contribution in [2.75, 3.05) is 0 Å². The molecule has 0 heterocycles. The van der Waals surface area contributed by atoms with Gasteiger partial charge in [0.25, 0.3) is 0 Å². The van der Waals surface area contributed by atoms with Crippen molar-refractivity contribution in [3.05, 3.63) is 0 Å². The van der Waals surface area contributed by atoms with Crippen molar-refractivity contribution in [3.8, 4) is 0 Å². The van der Waals surface area contributed by atoms with E-state index in [1.54, 1.807) is 13.8 Å². The molecule has 0 aliphatic heterocycles. The first-order valence-corrected chi connectivity index (χ1v) is 6.19. The van der Waals surface area contributed by atoms with Crippen molar-refractivity contribution in [2.24, 2.45) is 0 Å². The Morgan fingerprint density at radius 2 is 1.25 bits per heavy atom. The minimum atomic E-state index is -0.415. The van der Waals surface area contributed by atoms with Crippen molar-refractivity contribution in [3.63, 3.8) is 0 Å². The molecule has 0 saturated carbocycles. The minimum absolute atomic E-state index is 0.310. The summed E-state index contributed by atoms with van der Waals surface area (Å²) < 4.78 is 0. The minimum Gasteiger partial charge on any atom is -0.280 e. The summed E-state index contributed by atoms with van der Waals surface area (Å²) in [4.78, 5) is 21.1. The Bertz CT molecular complexity index is 166. The Hall–Kier alpha value is 0.620. The van der Waals surface area contributed by atoms with Crippen LogP contribution in [0.2, 0.25) is 0 Å². The number of hydrogen-bond acceptors (Lipinski definition) is 4. The van der Waals surface area contributed by atoms with Gasteiger partial charge in [-0.25, -0.2) is 0 Å². The molecule has 0 amide bonds. The Morgan fingerprint density at radius 3 is 1.42 bits per heavy atom. The molecule has 0 rings (SSSR count). The Labute approximate surface area is 89.1 Å². The van der Waals surface area contributed by atoms with E-state index in [0.29, 0.717) is 0 Å². The molecular formula is C6H8Cl2O2S2. The molecule has 2 unspecified atom stereocenters. The van der Waals surface area contributed by atoms with E-state index >= 15 is 0 Å². The maximum atomic E-state index is 10.5. The first-order valence-electron chi connectivity index (χ1n) is 3.16. The molecule has 0 radical (unpaired) electrons. The summed E-state index contributed by atoms with van der Waals surface area (Å²) in [5.74, 6) is 0. The smallest absolute Gasteiger partial charge is 0.235 e. The number of hydrogen-bond donors (Lipinski definition) is 0. The van der Waals surface area contributed by atoms with Crippen LogP contribution in [0.1, 0.15) is 13.8 Å². The quantitative estimate of drug-likeness (QED) is 0.552. The highest BCUT2D eigenvalue weighted by Crippen LogP contribution is 2.32. The van der Waals surface area contributed by atoms with Gasteiger partial charge >= 0.3 is 0 Å². The van der Waals surface area contributed by atoms with Crippen LogP contribution >= 0.6 is 44.8 Å². The molecule has 0 N–H and O–H groups in total. The van der Waals surface area contributed by atoms with Crippen LogP contribution in [0.25, 0.3) is 0 Å². The summed E-state index contributed by atoms with van der Waals surface area (Å²) in [7, 11) is 2.50. The summed E-state index contributed by atoms with van der Waals surface area (Å²) in [5.41, 5.74) is 0. The molecule has 6 heteroatoms. The van der Waals surface area contributed by atoms with Gasteiger partial charge in [-0.15, -0.1) is 0 Å². The van der Waals surface area contributed by atoms with Crippen LogP contribution in [0.3, 0.4) is 0 Å². The number of carbonyl (C=O) groups excluding carboxylic acids is 2. The first kappa shape index (κ1) is 12.6. The van der Waals surface area contributed by atoms with Crippen LogP contribution in [0.15, 0.2) is 0 Å². The van der Waals surface area contributed by atoms with Gasteiger partial charge in [0, 0.05) is 0 Å². The third kappa shape index (κ3) is 5.30. The predicted molar refractivity (Wildman–Crippen MR) is 55.8 cm³/mol. The highest BCUT2D eigenvalue weighted by molar-refractivity contribution is 8.77. The standard InChI is InChI=1S/C6H8Cl2O2S2/c1-3(5(7)9)11-12-4(2)6(8)10/h3-4H,1-2H3. The second-order valence-electron chi connectivity index (χ2n) is 2.09. The van der Waals surface area contributed by atoms with Gasteiger partial charge in [0.15, 0.2) is 0 Å². The van der Waals surface area contributed by atoms with E-state index in [1.165, 1.54) is 21.6 Å². The molecule has 2 nitrogen and oxygen atoms in total. The molecule has 0 fully saturated rings. The van der Waals surface area contributed by atoms with E-state index in [1.807, 2.05) is 0 Å². The highest BCUT2D eigenvalue weighted by atomic mass is 35.5. The summed E-state index contributed by atoms with van der Waals surface area (Å²) >= 11 is 10.4. The van der Waals surface area contributed by atoms with Gasteiger partial charge in [-0.3, -0.25) is 9.59 Å². The van der Waals surface area contributed by atoms with Gasteiger partial charge in [0.05, 0.1) is 10.5 Å². The third-order valence-electron chi connectivity index (χ3n) is 0.983. The second kappa shape index (κ2) is 6.13. The maximum absolute atomic E-state index is 10.5. The van der Waals surface area contributed by atoms with Crippen LogP contribution in [0, 0.1) is 0 Å². The fraction of sp³-hybridized carbons (Fsp3) is 0.667. The Balaban J connectivity index is 3.68. The Morgan fingerprint density at radius 1 is 1.00 bits per heavy atom. The van der Waals surface area contributed by atoms with Crippen LogP contribution in [0.5, 0.6) is 0 Å². The molecule has 2 atom stereocenters. The number of carbonyl (C=O) groups is 2. The lowest BCUT2D eigenvalue weighted by atomic mass is 10.5. The second-order valence-corrected chi connectivity index (χ2v) is 5.78. The monoisotopic (exact) mass is 246 g/mol. The fourth-order valence-electron chi connectivity index (χ4n) is 0.242. The van der Waals surface area contributed by atoms with Crippen LogP contribution in [-0.2, 0) is 9.59 Å². The molecular weight excluding hydrogens is 239 g/mol. The van der Waals surface area contributed by atoms with E-state index in [9.17, 15) is 9.59 Å². The van der Waals surface area contributed by atoms with Gasteiger partial charge in [-0.1, -0.05) is 21.6 Å². The van der Waals surface area contributed by atoms with E-state index in [2.05, 4.69) is 0 Å². The van der Waals surface area contributed by atoms with Crippen LogP contribution in [0.4, 0.5) is 0 Å². The van der Waals surface area contributed by atoms with Gasteiger partial charge in [0.2, 0.25) is 10.5 Å². The maximum Gasteiger partial charge on any atom is 0.235 e. The summed E-state index contributed by atoms with van der Waals surface area (Å²) in [6.07, 6.45) is 0. The molecule has 0 saturated heterocycles. The number of rotatable bonds is 5. The topological polar surface area (TPSA) is 34.1 Å². The van der Waals surface area contributed by atoms with Crippen LogP contribution in [-0.4, -0.2) is 21.0 Å². The average molecular weight is 247 g/mol. The SMILES string of the molecule is CC(SSC(C)C(=O)Cl)C(=O)Cl. The zero-order valence-electron chi connectivity index (χ0n) is 6.54. The summed E-state index contributed by atoms with van der Waals surface area (Å²) in [5, 5.41) is -1.45. The summed E-state index contributed by atoms with van der Waals surface area (Å²) in [6.45, 7) is 3.36. The van der Waals surface area contributed by atoms with Gasteiger partial charge < -0.3 is 0 Å². The molecule has 0 bridgehead atoms. The third-order valence-corrected chi connectivity index (χ3v) is 5.08. The van der Waals surface area contributed by atoms with Crippen LogP contribution < -0.4 is 0 Å². The zero-order valence-corrected chi connectivity index (χ0v) is 9.69. The Kier molecular flexibility index (Phi) is 6.45. The summed E-state index contributed by atoms with van der Waals surface area (Å²) in [6, 6.07) is 0. The lowest BCUT2D eigenvalue weighted by Crippen LogP contribution is -2.08. The first-order chi connectivity index (χ1) is 5.45. The molecule has 12 heavy (non-hydrogen) atoms. The number of halogens is 2. The van der Waals surface area contributed by atoms with E-state index in [-0.39, 0.29) is 10.5 Å². The van der Waals surface area contributed by atoms with Gasteiger partial charge in [-0.2, -0.15) is 0 Å². The van der Waals surface area contributed by atoms with Crippen molar-refractivity contribution in [1.82, 2.24) is 0 Å². The fourth-order valence-corrected chi connectivity index (χ4v) is 2.84. The normalized spacial score (nSPS) is 15.3. The van der Waals surface area contributed by atoms with Gasteiger partial charge in [-0.05, 0) is 37.0 Å². The molecule has 0 spiro atoms. The van der Waals surface area contributed by atoms with Crippen molar-refractivity contribution >= 4 is 55.3 Å². The van der Waals surface area contributed by atoms with E-state index < -0.39 is 10.5 Å². The molecule has 0 aliphatic carbocycles. The predicted octanol–water partition coefficient (Wildman–Crippen LogP) is 2.68. The molecule has 0 aromatic carbocycles. The van der Waals surface area contributed by atoms with E-state index in [0.717, 1.165) is 0 Å². The van der Waals surface area contributed by atoms with Crippen molar-refractivity contribution < 1.29 is 9.59 Å². The van der Waals surface area contributed by atoms with Crippen molar-refractivity contribution in [2.45, 2.75) is 24.3 Å². The molecule has 0 aliphatic rings. The highest BCUT2D eigenvalue weighted by Gasteiger charge is 2.16. The van der Waals surface area contributed by atoms with E-state index in [4.69, 9.17) is 23.2 Å². The zero-order chi connectivity index (χ0) is 9.72. The van der Waals surface area contributed by atoms with Crippen molar-refractivity contribution in [1.29, 1.82) is 0 Å². The molecule has 0 aromatic rings. The average Bonchev–Trinajstić information content (AvgIpc) is 1.98. The van der Waals surface area contributed by atoms with Gasteiger partial charge in [0.1, 0.15) is 0 Å².